The van der Waals surface area contributed by atoms with Gasteiger partial charge in [-0.25, -0.2) is 0 Å². The number of nitrogens with zero attached hydrogens (tertiary/aromatic N) is 2. The van der Waals surface area contributed by atoms with Crippen LogP contribution >= 0.6 is 11.3 Å². The van der Waals surface area contributed by atoms with E-state index >= 15 is 0 Å². The van der Waals surface area contributed by atoms with E-state index in [1.165, 1.54) is 10.4 Å². The average molecular weight is 258 g/mol. The van der Waals surface area contributed by atoms with Crippen molar-refractivity contribution in [1.29, 1.82) is 5.26 Å². The number of nitriles is 1. The van der Waals surface area contributed by atoms with E-state index in [1.54, 1.807) is 16.2 Å². The minimum Gasteiger partial charge on any atom is -0.302 e. The van der Waals surface area contributed by atoms with Crippen LogP contribution in [0.5, 0.6) is 0 Å². The van der Waals surface area contributed by atoms with E-state index in [0.29, 0.717) is 13.0 Å². The molecule has 0 radical (unpaired) electrons. The van der Waals surface area contributed by atoms with Gasteiger partial charge in [-0.15, -0.1) is 17.9 Å². The number of amides is 1. The summed E-state index contributed by atoms with van der Waals surface area (Å²) in [6.45, 7) is 4.43. The van der Waals surface area contributed by atoms with Gasteiger partial charge in [-0.05, 0) is 24.8 Å². The molecule has 3 rings (SSSR count). The number of thiophene rings is 1. The standard InChI is InChI=1S/C14H14N2OS/c1-2-9-6-13(17)16(8-9)14-11(7-15)10-4-3-5-12(10)18-14/h2,9H,1,3-6,8H2. The molecule has 1 aromatic rings. The van der Waals surface area contributed by atoms with Crippen LogP contribution in [0.2, 0.25) is 0 Å². The second kappa shape index (κ2) is 4.25. The van der Waals surface area contributed by atoms with Crippen molar-refractivity contribution in [1.82, 2.24) is 0 Å². The number of aryl methyl sites for hydroxylation is 1. The summed E-state index contributed by atoms with van der Waals surface area (Å²) in [4.78, 5) is 15.1. The molecule has 1 fully saturated rings. The number of carbonyl (C=O) groups excluding carboxylic acids is 1. The van der Waals surface area contributed by atoms with Crippen LogP contribution in [-0.2, 0) is 17.6 Å². The fourth-order valence-corrected chi connectivity index (χ4v) is 4.15. The Bertz CT molecular complexity index is 567. The molecule has 2 aliphatic rings. The summed E-state index contributed by atoms with van der Waals surface area (Å²) >= 11 is 1.64. The Labute approximate surface area is 110 Å². The van der Waals surface area contributed by atoms with E-state index in [1.807, 2.05) is 6.08 Å². The molecule has 3 nitrogen and oxygen atoms in total. The van der Waals surface area contributed by atoms with Crippen LogP contribution in [-0.4, -0.2) is 12.5 Å². The van der Waals surface area contributed by atoms with Crippen LogP contribution in [0.4, 0.5) is 5.00 Å². The van der Waals surface area contributed by atoms with Crippen LogP contribution in [0, 0.1) is 17.2 Å². The van der Waals surface area contributed by atoms with Gasteiger partial charge in [0.05, 0.1) is 5.56 Å². The smallest absolute Gasteiger partial charge is 0.228 e. The molecule has 1 unspecified atom stereocenters. The largest absolute Gasteiger partial charge is 0.302 e. The molecular weight excluding hydrogens is 244 g/mol. The van der Waals surface area contributed by atoms with Crippen molar-refractivity contribution in [3.05, 3.63) is 28.7 Å². The molecule has 1 atom stereocenters. The van der Waals surface area contributed by atoms with Gasteiger partial charge in [-0.1, -0.05) is 6.08 Å². The fraction of sp³-hybridized carbons (Fsp3) is 0.429. The van der Waals surface area contributed by atoms with Crippen molar-refractivity contribution in [2.24, 2.45) is 5.92 Å². The lowest BCUT2D eigenvalue weighted by Crippen LogP contribution is -2.24. The Morgan fingerprint density at radius 3 is 3.00 bits per heavy atom. The van der Waals surface area contributed by atoms with Gasteiger partial charge in [-0.3, -0.25) is 4.79 Å². The molecule has 0 spiro atoms. The maximum absolute atomic E-state index is 12.0. The zero-order chi connectivity index (χ0) is 12.7. The molecule has 1 saturated heterocycles. The van der Waals surface area contributed by atoms with Crippen LogP contribution in [0.25, 0.3) is 0 Å². The fourth-order valence-electron chi connectivity index (χ4n) is 2.78. The van der Waals surface area contributed by atoms with Crippen molar-refractivity contribution >= 4 is 22.2 Å². The number of rotatable bonds is 2. The summed E-state index contributed by atoms with van der Waals surface area (Å²) in [5.41, 5.74) is 1.93. The highest BCUT2D eigenvalue weighted by Crippen LogP contribution is 2.42. The van der Waals surface area contributed by atoms with Gasteiger partial charge < -0.3 is 4.90 Å². The molecular formula is C14H14N2OS. The molecule has 4 heteroatoms. The van der Waals surface area contributed by atoms with Gasteiger partial charge in [-0.2, -0.15) is 5.26 Å². The number of hydrogen-bond donors (Lipinski definition) is 0. The average Bonchev–Trinajstić information content (AvgIpc) is 3.01. The summed E-state index contributed by atoms with van der Waals surface area (Å²) in [7, 11) is 0. The lowest BCUT2D eigenvalue weighted by atomic mass is 10.1. The molecule has 0 saturated carbocycles. The lowest BCUT2D eigenvalue weighted by Gasteiger charge is -2.14. The Morgan fingerprint density at radius 1 is 1.50 bits per heavy atom. The van der Waals surface area contributed by atoms with E-state index < -0.39 is 0 Å². The minimum atomic E-state index is 0.122. The van der Waals surface area contributed by atoms with Gasteiger partial charge >= 0.3 is 0 Å². The van der Waals surface area contributed by atoms with Crippen LogP contribution < -0.4 is 4.90 Å². The third kappa shape index (κ3) is 1.58. The van der Waals surface area contributed by atoms with Gasteiger partial charge in [0.25, 0.3) is 0 Å². The minimum absolute atomic E-state index is 0.122. The second-order valence-corrected chi connectivity index (χ2v) is 5.94. The first kappa shape index (κ1) is 11.5. The van der Waals surface area contributed by atoms with Crippen LogP contribution in [0.15, 0.2) is 12.7 Å². The highest BCUT2D eigenvalue weighted by atomic mass is 32.1. The van der Waals surface area contributed by atoms with E-state index in [4.69, 9.17) is 0 Å². The SMILES string of the molecule is C=CC1CC(=O)N(c2sc3c(c2C#N)CCC3)C1. The van der Waals surface area contributed by atoms with Crippen molar-refractivity contribution in [3.63, 3.8) is 0 Å². The van der Waals surface area contributed by atoms with Crippen LogP contribution in [0.3, 0.4) is 0 Å². The van der Waals surface area contributed by atoms with E-state index in [-0.39, 0.29) is 11.8 Å². The van der Waals surface area contributed by atoms with Crippen molar-refractivity contribution < 1.29 is 4.79 Å². The summed E-state index contributed by atoms with van der Waals surface area (Å²) in [6, 6.07) is 2.30. The Hall–Kier alpha value is -1.60. The lowest BCUT2D eigenvalue weighted by molar-refractivity contribution is -0.117. The quantitative estimate of drug-likeness (QED) is 0.765. The summed E-state index contributed by atoms with van der Waals surface area (Å²) < 4.78 is 0. The molecule has 1 aliphatic heterocycles. The van der Waals surface area contributed by atoms with E-state index in [9.17, 15) is 10.1 Å². The predicted molar refractivity (Wildman–Crippen MR) is 71.7 cm³/mol. The second-order valence-electron chi connectivity index (χ2n) is 4.85. The highest BCUT2D eigenvalue weighted by molar-refractivity contribution is 7.16. The topological polar surface area (TPSA) is 44.1 Å². The predicted octanol–water partition coefficient (Wildman–Crippen LogP) is 2.65. The third-order valence-electron chi connectivity index (χ3n) is 3.75. The third-order valence-corrected chi connectivity index (χ3v) is 5.06. The zero-order valence-corrected chi connectivity index (χ0v) is 10.9. The van der Waals surface area contributed by atoms with Crippen LogP contribution in [0.1, 0.15) is 28.8 Å². The van der Waals surface area contributed by atoms with Gasteiger partial charge in [0.15, 0.2) is 0 Å². The van der Waals surface area contributed by atoms with E-state index in [2.05, 4.69) is 12.6 Å². The molecule has 92 valence electrons. The van der Waals surface area contributed by atoms with Gasteiger partial charge in [0.1, 0.15) is 11.1 Å². The van der Waals surface area contributed by atoms with Gasteiger partial charge in [0, 0.05) is 23.8 Å². The molecule has 1 amide bonds. The first-order valence-electron chi connectivity index (χ1n) is 6.22. The Morgan fingerprint density at radius 2 is 2.33 bits per heavy atom. The summed E-state index contributed by atoms with van der Waals surface area (Å²) in [5, 5.41) is 10.2. The van der Waals surface area contributed by atoms with Crippen molar-refractivity contribution in [3.8, 4) is 6.07 Å². The molecule has 0 N–H and O–H groups in total. The molecule has 0 aromatic carbocycles. The zero-order valence-electron chi connectivity index (χ0n) is 10.1. The molecule has 1 aliphatic carbocycles. The monoisotopic (exact) mass is 258 g/mol. The first-order valence-corrected chi connectivity index (χ1v) is 7.03. The van der Waals surface area contributed by atoms with Gasteiger partial charge in [0.2, 0.25) is 5.91 Å². The normalized spacial score (nSPS) is 22.1. The molecule has 0 bridgehead atoms. The number of anilines is 1. The van der Waals surface area contributed by atoms with Crippen molar-refractivity contribution in [2.75, 3.05) is 11.4 Å². The molecule has 18 heavy (non-hydrogen) atoms. The van der Waals surface area contributed by atoms with E-state index in [0.717, 1.165) is 29.8 Å². The maximum Gasteiger partial charge on any atom is 0.228 e. The first-order chi connectivity index (χ1) is 8.74. The Kier molecular flexibility index (Phi) is 2.71. The molecule has 2 heterocycles. The highest BCUT2D eigenvalue weighted by Gasteiger charge is 2.33. The summed E-state index contributed by atoms with van der Waals surface area (Å²) in [6.07, 6.45) is 5.55. The summed E-state index contributed by atoms with van der Waals surface area (Å²) in [5.74, 6) is 0.345. The van der Waals surface area contributed by atoms with Crippen molar-refractivity contribution in [2.45, 2.75) is 25.7 Å². The number of fused-ring (bicyclic) bond motifs is 1. The Balaban J connectivity index is 2.01. The molecule has 1 aromatic heterocycles. The number of carbonyl (C=O) groups is 1. The maximum atomic E-state index is 12.0. The number of hydrogen-bond acceptors (Lipinski definition) is 3.